The molecule has 0 atom stereocenters. The van der Waals surface area contributed by atoms with Crippen LogP contribution in [0.5, 0.6) is 11.5 Å². The molecule has 0 aliphatic carbocycles. The number of rotatable bonds is 8. The van der Waals surface area contributed by atoms with Crippen LogP contribution in [-0.4, -0.2) is 21.5 Å². The molecule has 1 aromatic heterocycles. The van der Waals surface area contributed by atoms with Crippen LogP contribution in [0.4, 0.5) is 4.39 Å². The molecule has 9 heteroatoms. The highest BCUT2D eigenvalue weighted by Crippen LogP contribution is 2.34. The molecule has 2 N–H and O–H groups in total. The first kappa shape index (κ1) is 19.2. The number of halogens is 2. The second-order valence-electron chi connectivity index (χ2n) is 5.57. The monoisotopic (exact) mass is 408 g/mol. The third kappa shape index (κ3) is 4.78. The Morgan fingerprint density at radius 2 is 2.00 bits per heavy atom. The first-order valence-electron chi connectivity index (χ1n) is 8.25. The van der Waals surface area contributed by atoms with Crippen molar-refractivity contribution in [2.45, 2.75) is 20.1 Å². The minimum absolute atomic E-state index is 0.0743. The summed E-state index contributed by atoms with van der Waals surface area (Å²) in [4.78, 5) is 0. The zero-order valence-corrected chi connectivity index (χ0v) is 16.1. The highest BCUT2D eigenvalue weighted by Gasteiger charge is 2.12. The predicted molar refractivity (Wildman–Crippen MR) is 104 cm³/mol. The van der Waals surface area contributed by atoms with E-state index in [2.05, 4.69) is 15.6 Å². The van der Waals surface area contributed by atoms with Crippen LogP contribution in [0.1, 0.15) is 18.1 Å². The van der Waals surface area contributed by atoms with E-state index in [0.29, 0.717) is 40.0 Å². The van der Waals surface area contributed by atoms with Crippen LogP contribution in [0.25, 0.3) is 0 Å². The van der Waals surface area contributed by atoms with Crippen LogP contribution in [0, 0.1) is 10.6 Å². The number of nitrogens with one attached hydrogen (secondary N) is 2. The Morgan fingerprint density at radius 1 is 1.22 bits per heavy atom. The fourth-order valence-corrected chi connectivity index (χ4v) is 2.78. The standard InChI is InChI=1S/C18H18ClFN4O2S/c1-2-25-16-7-13(9-22-24-11-21-23-18(24)27)14(19)8-17(16)26-10-12-5-3-4-6-15(12)20/h3-8,11,22H,2,9-10H2,1H3,(H,23,27). The summed E-state index contributed by atoms with van der Waals surface area (Å²) in [6.45, 7) is 2.81. The number of benzene rings is 2. The largest absolute Gasteiger partial charge is 0.490 e. The fourth-order valence-electron chi connectivity index (χ4n) is 2.40. The normalized spacial score (nSPS) is 10.6. The van der Waals surface area contributed by atoms with Gasteiger partial charge in [-0.05, 0) is 36.8 Å². The molecule has 2 aromatic carbocycles. The van der Waals surface area contributed by atoms with Gasteiger partial charge in [0.2, 0.25) is 4.77 Å². The van der Waals surface area contributed by atoms with Crippen molar-refractivity contribution in [3.63, 3.8) is 0 Å². The zero-order chi connectivity index (χ0) is 19.2. The minimum Gasteiger partial charge on any atom is -0.490 e. The van der Waals surface area contributed by atoms with Gasteiger partial charge in [0.25, 0.3) is 0 Å². The Morgan fingerprint density at radius 3 is 2.70 bits per heavy atom. The second-order valence-corrected chi connectivity index (χ2v) is 6.36. The van der Waals surface area contributed by atoms with Gasteiger partial charge < -0.3 is 14.9 Å². The molecule has 3 rings (SSSR count). The van der Waals surface area contributed by atoms with Gasteiger partial charge in [-0.25, -0.2) is 9.07 Å². The average molecular weight is 409 g/mol. The molecule has 1 heterocycles. The van der Waals surface area contributed by atoms with Crippen molar-refractivity contribution in [3.05, 3.63) is 69.5 Å². The van der Waals surface area contributed by atoms with E-state index in [-0.39, 0.29) is 12.4 Å². The molecule has 3 aromatic rings. The molecule has 0 radical (unpaired) electrons. The van der Waals surface area contributed by atoms with Gasteiger partial charge in [-0.2, -0.15) is 5.10 Å². The maximum atomic E-state index is 13.8. The van der Waals surface area contributed by atoms with Gasteiger partial charge in [-0.15, -0.1) is 0 Å². The van der Waals surface area contributed by atoms with E-state index in [1.54, 1.807) is 35.0 Å². The van der Waals surface area contributed by atoms with Gasteiger partial charge in [0.15, 0.2) is 11.5 Å². The van der Waals surface area contributed by atoms with E-state index < -0.39 is 0 Å². The summed E-state index contributed by atoms with van der Waals surface area (Å²) < 4.78 is 27.2. The lowest BCUT2D eigenvalue weighted by atomic mass is 10.2. The number of hydrogen-bond donors (Lipinski definition) is 2. The summed E-state index contributed by atoms with van der Waals surface area (Å²) in [6.07, 6.45) is 1.53. The molecule has 0 saturated carbocycles. The fraction of sp³-hybridized carbons (Fsp3) is 0.222. The number of hydrogen-bond acceptors (Lipinski definition) is 5. The van der Waals surface area contributed by atoms with Crippen LogP contribution in [0.3, 0.4) is 0 Å². The Labute approximate surface area is 165 Å². The maximum Gasteiger partial charge on any atom is 0.214 e. The summed E-state index contributed by atoms with van der Waals surface area (Å²) in [5.74, 6) is 0.666. The highest BCUT2D eigenvalue weighted by atomic mass is 35.5. The Hall–Kier alpha value is -2.58. The van der Waals surface area contributed by atoms with Crippen molar-refractivity contribution in [1.29, 1.82) is 0 Å². The quantitative estimate of drug-likeness (QED) is 0.539. The lowest BCUT2D eigenvalue weighted by Crippen LogP contribution is -2.14. The number of nitrogens with zero attached hydrogens (tertiary/aromatic N) is 2. The number of H-pyrrole nitrogens is 1. The lowest BCUT2D eigenvalue weighted by Gasteiger charge is -2.16. The van der Waals surface area contributed by atoms with Crippen molar-refractivity contribution < 1.29 is 13.9 Å². The summed E-state index contributed by atoms with van der Waals surface area (Å²) in [6, 6.07) is 9.91. The van der Waals surface area contributed by atoms with E-state index in [1.165, 1.54) is 12.4 Å². The number of aromatic amines is 1. The van der Waals surface area contributed by atoms with Gasteiger partial charge >= 0.3 is 0 Å². The molecule has 0 aliphatic rings. The minimum atomic E-state index is -0.320. The molecule has 142 valence electrons. The van der Waals surface area contributed by atoms with Gasteiger partial charge in [-0.1, -0.05) is 29.8 Å². The molecule has 0 unspecified atom stereocenters. The molecular weight excluding hydrogens is 391 g/mol. The topological polar surface area (TPSA) is 64.1 Å². The van der Waals surface area contributed by atoms with Gasteiger partial charge in [0.1, 0.15) is 18.8 Å². The summed E-state index contributed by atoms with van der Waals surface area (Å²) >= 11 is 11.5. The molecule has 0 bridgehead atoms. The third-order valence-electron chi connectivity index (χ3n) is 3.75. The molecule has 0 aliphatic heterocycles. The average Bonchev–Trinajstić information content (AvgIpc) is 3.06. The van der Waals surface area contributed by atoms with Crippen LogP contribution in [0.2, 0.25) is 5.02 Å². The van der Waals surface area contributed by atoms with Crippen molar-refractivity contribution in [1.82, 2.24) is 14.9 Å². The molecule has 6 nitrogen and oxygen atoms in total. The SMILES string of the molecule is CCOc1cc(CNn2cn[nH]c2=S)c(Cl)cc1OCc1ccccc1F. The number of ether oxygens (including phenoxy) is 2. The predicted octanol–water partition coefficient (Wildman–Crippen LogP) is 4.45. The van der Waals surface area contributed by atoms with Crippen LogP contribution in [0.15, 0.2) is 42.7 Å². The van der Waals surface area contributed by atoms with Crippen LogP contribution < -0.4 is 14.9 Å². The van der Waals surface area contributed by atoms with E-state index in [0.717, 1.165) is 5.56 Å². The molecular formula is C18H18ClFN4O2S. The Bertz CT molecular complexity index is 976. The van der Waals surface area contributed by atoms with E-state index in [1.807, 2.05) is 6.92 Å². The zero-order valence-electron chi connectivity index (χ0n) is 14.5. The first-order chi connectivity index (χ1) is 13.1. The Balaban J connectivity index is 1.78. The maximum absolute atomic E-state index is 13.8. The summed E-state index contributed by atoms with van der Waals surface area (Å²) in [7, 11) is 0. The summed E-state index contributed by atoms with van der Waals surface area (Å²) in [5.41, 5.74) is 4.34. The molecule has 0 fully saturated rings. The van der Waals surface area contributed by atoms with E-state index >= 15 is 0 Å². The van der Waals surface area contributed by atoms with Gasteiger partial charge in [0.05, 0.1) is 13.2 Å². The van der Waals surface area contributed by atoms with Crippen molar-refractivity contribution in [3.8, 4) is 11.5 Å². The molecule has 0 spiro atoms. The van der Waals surface area contributed by atoms with Crippen molar-refractivity contribution in [2.24, 2.45) is 0 Å². The third-order valence-corrected chi connectivity index (χ3v) is 4.39. The number of aromatic nitrogens is 3. The van der Waals surface area contributed by atoms with Gasteiger partial charge in [-0.3, -0.25) is 5.10 Å². The molecule has 0 saturated heterocycles. The Kier molecular flexibility index (Phi) is 6.31. The van der Waals surface area contributed by atoms with Crippen molar-refractivity contribution in [2.75, 3.05) is 12.0 Å². The van der Waals surface area contributed by atoms with Crippen molar-refractivity contribution >= 4 is 23.8 Å². The van der Waals surface area contributed by atoms with Gasteiger partial charge in [0, 0.05) is 16.7 Å². The highest BCUT2D eigenvalue weighted by molar-refractivity contribution is 7.71. The van der Waals surface area contributed by atoms with E-state index in [4.69, 9.17) is 33.3 Å². The van der Waals surface area contributed by atoms with Crippen LogP contribution >= 0.6 is 23.8 Å². The van der Waals surface area contributed by atoms with E-state index in [9.17, 15) is 4.39 Å². The smallest absolute Gasteiger partial charge is 0.214 e. The summed E-state index contributed by atoms with van der Waals surface area (Å²) in [5, 5.41) is 6.99. The van der Waals surface area contributed by atoms with Crippen LogP contribution in [-0.2, 0) is 13.2 Å². The lowest BCUT2D eigenvalue weighted by molar-refractivity contribution is 0.265. The first-order valence-corrected chi connectivity index (χ1v) is 9.04. The molecule has 0 amide bonds. The second kappa shape index (κ2) is 8.88. The molecule has 27 heavy (non-hydrogen) atoms.